The molecular formula is C14H20ClFN2O2S. The Balaban J connectivity index is 2.21. The average molecular weight is 335 g/mol. The van der Waals surface area contributed by atoms with E-state index in [0.717, 1.165) is 18.9 Å². The molecule has 2 rings (SSSR count). The van der Waals surface area contributed by atoms with Crippen LogP contribution in [0.5, 0.6) is 0 Å². The zero-order chi connectivity index (χ0) is 15.6. The summed E-state index contributed by atoms with van der Waals surface area (Å²) in [4.78, 5) is -0.0781. The van der Waals surface area contributed by atoms with Gasteiger partial charge in [0.05, 0.1) is 9.92 Å². The van der Waals surface area contributed by atoms with Crippen molar-refractivity contribution in [2.75, 3.05) is 6.54 Å². The van der Waals surface area contributed by atoms with Gasteiger partial charge in [0.2, 0.25) is 10.0 Å². The standard InChI is InChI=1S/C14H20ClFN2O2S/c1-9(2)17-8-11-5-12(6-13(16)14(11)15)21(19,20)18-7-10-3-4-10/h5-6,9-10,17-18H,3-4,7-8H2,1-2H3. The van der Waals surface area contributed by atoms with E-state index >= 15 is 0 Å². The molecule has 0 radical (unpaired) electrons. The molecule has 1 aliphatic carbocycles. The predicted molar refractivity (Wildman–Crippen MR) is 81.3 cm³/mol. The van der Waals surface area contributed by atoms with Crippen LogP contribution in [0.15, 0.2) is 17.0 Å². The molecule has 0 atom stereocenters. The van der Waals surface area contributed by atoms with Gasteiger partial charge in [-0.05, 0) is 36.5 Å². The van der Waals surface area contributed by atoms with E-state index in [2.05, 4.69) is 10.0 Å². The number of rotatable bonds is 7. The molecule has 7 heteroatoms. The van der Waals surface area contributed by atoms with E-state index in [1.807, 2.05) is 13.8 Å². The van der Waals surface area contributed by atoms with Gasteiger partial charge >= 0.3 is 0 Å². The number of halogens is 2. The Morgan fingerprint density at radius 1 is 1.38 bits per heavy atom. The van der Waals surface area contributed by atoms with Crippen molar-refractivity contribution in [3.05, 3.63) is 28.5 Å². The summed E-state index contributed by atoms with van der Waals surface area (Å²) in [7, 11) is -3.69. The fourth-order valence-electron chi connectivity index (χ4n) is 1.85. The average Bonchev–Trinajstić information content (AvgIpc) is 3.22. The lowest BCUT2D eigenvalue weighted by Crippen LogP contribution is -2.26. The second-order valence-corrected chi connectivity index (χ2v) is 7.85. The maximum Gasteiger partial charge on any atom is 0.240 e. The van der Waals surface area contributed by atoms with Crippen LogP contribution in [0, 0.1) is 11.7 Å². The fourth-order valence-corrected chi connectivity index (χ4v) is 3.20. The first-order valence-corrected chi connectivity index (χ1v) is 8.86. The van der Waals surface area contributed by atoms with E-state index < -0.39 is 15.8 Å². The Morgan fingerprint density at radius 3 is 2.62 bits per heavy atom. The Kier molecular flexibility index (Phi) is 5.24. The molecule has 0 amide bonds. The van der Waals surface area contributed by atoms with Crippen LogP contribution >= 0.6 is 11.6 Å². The third-order valence-electron chi connectivity index (χ3n) is 3.35. The highest BCUT2D eigenvalue weighted by Gasteiger charge is 2.25. The molecule has 1 aromatic carbocycles. The zero-order valence-electron chi connectivity index (χ0n) is 12.1. The molecular weight excluding hydrogens is 315 g/mol. The summed E-state index contributed by atoms with van der Waals surface area (Å²) in [5, 5.41) is 3.06. The lowest BCUT2D eigenvalue weighted by Gasteiger charge is -2.13. The van der Waals surface area contributed by atoms with Gasteiger partial charge in [-0.1, -0.05) is 25.4 Å². The largest absolute Gasteiger partial charge is 0.310 e. The van der Waals surface area contributed by atoms with E-state index in [0.29, 0.717) is 24.6 Å². The normalized spacial score (nSPS) is 15.7. The van der Waals surface area contributed by atoms with Crippen molar-refractivity contribution in [3.63, 3.8) is 0 Å². The third-order valence-corrected chi connectivity index (χ3v) is 5.17. The Hall–Kier alpha value is -0.690. The van der Waals surface area contributed by atoms with Gasteiger partial charge in [-0.15, -0.1) is 0 Å². The molecule has 0 bridgehead atoms. The first-order chi connectivity index (χ1) is 9.79. The minimum atomic E-state index is -3.69. The van der Waals surface area contributed by atoms with Crippen LogP contribution in [0.2, 0.25) is 5.02 Å². The Bertz CT molecular complexity index is 616. The highest BCUT2D eigenvalue weighted by Crippen LogP contribution is 2.29. The summed E-state index contributed by atoms with van der Waals surface area (Å²) in [5.74, 6) is -0.300. The van der Waals surface area contributed by atoms with Gasteiger partial charge in [0, 0.05) is 19.1 Å². The minimum Gasteiger partial charge on any atom is -0.310 e. The topological polar surface area (TPSA) is 58.2 Å². The lowest BCUT2D eigenvalue weighted by atomic mass is 10.2. The minimum absolute atomic E-state index is 0.0377. The summed E-state index contributed by atoms with van der Waals surface area (Å²) in [6, 6.07) is 2.59. The summed E-state index contributed by atoms with van der Waals surface area (Å²) < 4.78 is 40.7. The Morgan fingerprint density at radius 2 is 2.05 bits per heavy atom. The molecule has 21 heavy (non-hydrogen) atoms. The molecule has 0 aromatic heterocycles. The van der Waals surface area contributed by atoms with E-state index in [9.17, 15) is 12.8 Å². The molecule has 118 valence electrons. The van der Waals surface area contributed by atoms with Crippen molar-refractivity contribution in [1.29, 1.82) is 0 Å². The number of hydrogen-bond donors (Lipinski definition) is 2. The molecule has 0 aliphatic heterocycles. The van der Waals surface area contributed by atoms with Crippen LogP contribution < -0.4 is 10.0 Å². The maximum atomic E-state index is 13.9. The first kappa shape index (κ1) is 16.7. The van der Waals surface area contributed by atoms with E-state index in [4.69, 9.17) is 11.6 Å². The number of nitrogens with one attached hydrogen (secondary N) is 2. The summed E-state index contributed by atoms with van der Waals surface area (Å²) >= 11 is 5.91. The lowest BCUT2D eigenvalue weighted by molar-refractivity contribution is 0.568. The van der Waals surface area contributed by atoms with Crippen LogP contribution in [0.1, 0.15) is 32.3 Å². The van der Waals surface area contributed by atoms with Gasteiger partial charge in [0.1, 0.15) is 5.82 Å². The third kappa shape index (κ3) is 4.64. The highest BCUT2D eigenvalue weighted by atomic mass is 35.5. The number of hydrogen-bond acceptors (Lipinski definition) is 3. The van der Waals surface area contributed by atoms with Crippen LogP contribution in [0.25, 0.3) is 0 Å². The molecule has 0 spiro atoms. The molecule has 0 heterocycles. The second kappa shape index (κ2) is 6.60. The van der Waals surface area contributed by atoms with E-state index in [1.165, 1.54) is 6.07 Å². The Labute approximate surface area is 130 Å². The summed E-state index contributed by atoms with van der Waals surface area (Å²) in [5.41, 5.74) is 0.442. The maximum absolute atomic E-state index is 13.9. The molecule has 1 saturated carbocycles. The zero-order valence-corrected chi connectivity index (χ0v) is 13.7. The summed E-state index contributed by atoms with van der Waals surface area (Å²) in [6.45, 7) is 4.62. The molecule has 0 saturated heterocycles. The molecule has 1 aliphatic rings. The van der Waals surface area contributed by atoms with Crippen molar-refractivity contribution in [3.8, 4) is 0 Å². The second-order valence-electron chi connectivity index (χ2n) is 5.71. The highest BCUT2D eigenvalue weighted by molar-refractivity contribution is 7.89. The molecule has 1 fully saturated rings. The van der Waals surface area contributed by atoms with Crippen LogP contribution in [-0.4, -0.2) is 21.0 Å². The molecule has 2 N–H and O–H groups in total. The smallest absolute Gasteiger partial charge is 0.240 e. The van der Waals surface area contributed by atoms with Crippen LogP contribution in [0.3, 0.4) is 0 Å². The van der Waals surface area contributed by atoms with Crippen molar-refractivity contribution >= 4 is 21.6 Å². The molecule has 1 aromatic rings. The monoisotopic (exact) mass is 334 g/mol. The van der Waals surface area contributed by atoms with Crippen LogP contribution in [-0.2, 0) is 16.6 Å². The van der Waals surface area contributed by atoms with Gasteiger partial charge in [-0.25, -0.2) is 17.5 Å². The van der Waals surface area contributed by atoms with Gasteiger partial charge in [-0.3, -0.25) is 0 Å². The van der Waals surface area contributed by atoms with Crippen LogP contribution in [0.4, 0.5) is 4.39 Å². The fraction of sp³-hybridized carbons (Fsp3) is 0.571. The first-order valence-electron chi connectivity index (χ1n) is 7.00. The molecule has 0 unspecified atom stereocenters. The van der Waals surface area contributed by atoms with Crippen molar-refractivity contribution < 1.29 is 12.8 Å². The van der Waals surface area contributed by atoms with Gasteiger partial charge < -0.3 is 5.32 Å². The molecule has 4 nitrogen and oxygen atoms in total. The van der Waals surface area contributed by atoms with E-state index in [1.54, 1.807) is 0 Å². The SMILES string of the molecule is CC(C)NCc1cc(S(=O)(=O)NCC2CC2)cc(F)c1Cl. The quantitative estimate of drug-likeness (QED) is 0.806. The van der Waals surface area contributed by atoms with Crippen molar-refractivity contribution in [2.45, 2.75) is 44.2 Å². The van der Waals surface area contributed by atoms with Gasteiger partial charge in [-0.2, -0.15) is 0 Å². The number of benzene rings is 1. The van der Waals surface area contributed by atoms with Gasteiger partial charge in [0.15, 0.2) is 0 Å². The van der Waals surface area contributed by atoms with E-state index in [-0.39, 0.29) is 16.0 Å². The van der Waals surface area contributed by atoms with Crippen molar-refractivity contribution in [1.82, 2.24) is 10.0 Å². The van der Waals surface area contributed by atoms with Gasteiger partial charge in [0.25, 0.3) is 0 Å². The number of sulfonamides is 1. The van der Waals surface area contributed by atoms with Crippen molar-refractivity contribution in [2.24, 2.45) is 5.92 Å². The predicted octanol–water partition coefficient (Wildman–Crippen LogP) is 2.67. The summed E-state index contributed by atoms with van der Waals surface area (Å²) in [6.07, 6.45) is 2.09.